The molecule has 22 heavy (non-hydrogen) atoms. The van der Waals surface area contributed by atoms with E-state index in [1.807, 2.05) is 0 Å². The summed E-state index contributed by atoms with van der Waals surface area (Å²) < 4.78 is 49.1. The largest absolute Gasteiger partial charge is 0.331 e. The van der Waals surface area contributed by atoms with E-state index in [4.69, 9.17) is 0 Å². The van der Waals surface area contributed by atoms with Gasteiger partial charge in [0.25, 0.3) is 0 Å². The van der Waals surface area contributed by atoms with E-state index in [1.165, 1.54) is 11.0 Å². The molecule has 1 aromatic rings. The Kier molecular flexibility index (Phi) is 4.69. The molecule has 0 spiro atoms. The third-order valence-electron chi connectivity index (χ3n) is 3.71. The lowest BCUT2D eigenvalue weighted by atomic mass is 10.1. The van der Waals surface area contributed by atoms with Crippen LogP contribution in [0.2, 0.25) is 0 Å². The van der Waals surface area contributed by atoms with Crippen LogP contribution in [0.3, 0.4) is 0 Å². The van der Waals surface area contributed by atoms with Gasteiger partial charge >= 0.3 is 6.03 Å². The minimum absolute atomic E-state index is 0.0652. The molecule has 5 nitrogen and oxygen atoms in total. The van der Waals surface area contributed by atoms with Crippen LogP contribution >= 0.6 is 0 Å². The number of hydrogen-bond donors (Lipinski definition) is 1. The lowest BCUT2D eigenvalue weighted by molar-refractivity contribution is 0.182. The Balaban J connectivity index is 2.03. The number of nitrogens with zero attached hydrogens (tertiary/aromatic N) is 1. The topological polar surface area (TPSA) is 66.5 Å². The quantitative estimate of drug-likeness (QED) is 0.899. The highest BCUT2D eigenvalue weighted by Gasteiger charge is 2.31. The fourth-order valence-corrected chi connectivity index (χ4v) is 3.99. The molecule has 1 saturated heterocycles. The summed E-state index contributed by atoms with van der Waals surface area (Å²) in [6, 6.07) is 2.07. The van der Waals surface area contributed by atoms with Crippen molar-refractivity contribution in [2.75, 3.05) is 18.1 Å². The van der Waals surface area contributed by atoms with Crippen molar-refractivity contribution in [3.8, 4) is 0 Å². The van der Waals surface area contributed by atoms with Crippen LogP contribution in [-0.4, -0.2) is 43.4 Å². The third kappa shape index (κ3) is 3.73. The van der Waals surface area contributed by atoms with Crippen LogP contribution in [0.25, 0.3) is 0 Å². The summed E-state index contributed by atoms with van der Waals surface area (Å²) in [5.41, 5.74) is 0.435. The molecule has 2 rings (SSSR count). The van der Waals surface area contributed by atoms with Crippen LogP contribution in [0.15, 0.2) is 18.2 Å². The molecule has 0 bridgehead atoms. The molecule has 1 N–H and O–H groups in total. The molecular weight excluding hydrogens is 314 g/mol. The number of benzene rings is 1. The SMILES string of the molecule is C[C@@H]1CS(=O)(=O)CCN1C(=O)N[C@H](C)c1ccc(F)c(F)c1. The molecular formula is C14H18F2N2O3S. The van der Waals surface area contributed by atoms with E-state index < -0.39 is 39.6 Å². The Morgan fingerprint density at radius 2 is 2.05 bits per heavy atom. The zero-order valence-electron chi connectivity index (χ0n) is 12.3. The highest BCUT2D eigenvalue weighted by molar-refractivity contribution is 7.91. The fraction of sp³-hybridized carbons (Fsp3) is 0.500. The summed E-state index contributed by atoms with van der Waals surface area (Å²) in [5.74, 6) is -2.06. The van der Waals surface area contributed by atoms with Crippen LogP contribution < -0.4 is 5.32 Å². The third-order valence-corrected chi connectivity index (χ3v) is 5.51. The predicted molar refractivity (Wildman–Crippen MR) is 78.1 cm³/mol. The number of halogens is 2. The molecule has 122 valence electrons. The highest BCUT2D eigenvalue weighted by Crippen LogP contribution is 2.18. The van der Waals surface area contributed by atoms with E-state index in [0.717, 1.165) is 12.1 Å². The number of carbonyl (C=O) groups excluding carboxylic acids is 1. The van der Waals surface area contributed by atoms with Gasteiger partial charge < -0.3 is 10.2 Å². The van der Waals surface area contributed by atoms with Crippen molar-refractivity contribution >= 4 is 15.9 Å². The van der Waals surface area contributed by atoms with Crippen LogP contribution in [0.5, 0.6) is 0 Å². The lowest BCUT2D eigenvalue weighted by Crippen LogP contribution is -2.53. The second-order valence-electron chi connectivity index (χ2n) is 5.50. The van der Waals surface area contributed by atoms with Crippen LogP contribution in [0.4, 0.5) is 13.6 Å². The maximum absolute atomic E-state index is 13.2. The minimum Gasteiger partial charge on any atom is -0.331 e. The molecule has 8 heteroatoms. The summed E-state index contributed by atoms with van der Waals surface area (Å²) in [6.07, 6.45) is 0. The van der Waals surface area contributed by atoms with E-state index in [1.54, 1.807) is 13.8 Å². The van der Waals surface area contributed by atoms with Gasteiger partial charge in [-0.1, -0.05) is 6.07 Å². The Morgan fingerprint density at radius 3 is 2.64 bits per heavy atom. The van der Waals surface area contributed by atoms with E-state index >= 15 is 0 Å². The minimum atomic E-state index is -3.10. The maximum atomic E-state index is 13.2. The summed E-state index contributed by atoms with van der Waals surface area (Å²) in [7, 11) is -3.10. The van der Waals surface area contributed by atoms with Crippen LogP contribution in [0, 0.1) is 11.6 Å². The molecule has 1 aliphatic rings. The molecule has 1 aliphatic heterocycles. The number of carbonyl (C=O) groups is 1. The van der Waals surface area contributed by atoms with Gasteiger partial charge in [-0.25, -0.2) is 22.0 Å². The molecule has 1 fully saturated rings. The molecule has 0 saturated carbocycles. The Hall–Kier alpha value is -1.70. The van der Waals surface area contributed by atoms with Crippen molar-refractivity contribution in [3.63, 3.8) is 0 Å². The maximum Gasteiger partial charge on any atom is 0.318 e. The second-order valence-corrected chi connectivity index (χ2v) is 7.73. The average molecular weight is 332 g/mol. The molecule has 0 unspecified atom stereocenters. The second kappa shape index (κ2) is 6.20. The lowest BCUT2D eigenvalue weighted by Gasteiger charge is -2.34. The zero-order chi connectivity index (χ0) is 16.5. The first kappa shape index (κ1) is 16.7. The molecule has 1 heterocycles. The van der Waals surface area contributed by atoms with Gasteiger partial charge in [-0.3, -0.25) is 0 Å². The van der Waals surface area contributed by atoms with Crippen molar-refractivity contribution < 1.29 is 22.0 Å². The Bertz CT molecular complexity index is 679. The smallest absolute Gasteiger partial charge is 0.318 e. The number of amides is 2. The summed E-state index contributed by atoms with van der Waals surface area (Å²) in [5, 5.41) is 2.67. The van der Waals surface area contributed by atoms with Crippen molar-refractivity contribution in [3.05, 3.63) is 35.4 Å². The molecule has 2 atom stereocenters. The van der Waals surface area contributed by atoms with Crippen LogP contribution in [-0.2, 0) is 9.84 Å². The Morgan fingerprint density at radius 1 is 1.36 bits per heavy atom. The standard InChI is InChI=1S/C14H18F2N2O3S/c1-9-8-22(20,21)6-5-18(9)14(19)17-10(2)11-3-4-12(15)13(16)7-11/h3-4,7,9-10H,5-6,8H2,1-2H3,(H,17,19)/t9-,10-/m1/s1. The van der Waals surface area contributed by atoms with Crippen molar-refractivity contribution in [1.82, 2.24) is 10.2 Å². The molecule has 1 aromatic carbocycles. The Labute approximate surface area is 128 Å². The average Bonchev–Trinajstić information content (AvgIpc) is 2.40. The predicted octanol–water partition coefficient (Wildman–Crippen LogP) is 1.85. The van der Waals surface area contributed by atoms with E-state index in [-0.39, 0.29) is 18.1 Å². The van der Waals surface area contributed by atoms with Gasteiger partial charge in [0.15, 0.2) is 21.5 Å². The van der Waals surface area contributed by atoms with E-state index in [9.17, 15) is 22.0 Å². The number of rotatable bonds is 2. The van der Waals surface area contributed by atoms with Gasteiger partial charge in [0.05, 0.1) is 17.5 Å². The van der Waals surface area contributed by atoms with Gasteiger partial charge in [0, 0.05) is 12.6 Å². The molecule has 0 radical (unpaired) electrons. The first-order chi connectivity index (χ1) is 10.2. The first-order valence-corrected chi connectivity index (χ1v) is 8.74. The van der Waals surface area contributed by atoms with Crippen molar-refractivity contribution in [2.45, 2.75) is 25.9 Å². The molecule has 2 amide bonds. The monoisotopic (exact) mass is 332 g/mol. The fourth-order valence-electron chi connectivity index (χ4n) is 2.43. The molecule has 0 aliphatic carbocycles. The van der Waals surface area contributed by atoms with Gasteiger partial charge in [0.1, 0.15) is 0 Å². The van der Waals surface area contributed by atoms with E-state index in [0.29, 0.717) is 5.56 Å². The number of nitrogens with one attached hydrogen (secondary N) is 1. The summed E-state index contributed by atoms with van der Waals surface area (Å²) in [6.45, 7) is 3.44. The number of urea groups is 1. The van der Waals surface area contributed by atoms with Crippen molar-refractivity contribution in [1.29, 1.82) is 0 Å². The number of hydrogen-bond acceptors (Lipinski definition) is 3. The van der Waals surface area contributed by atoms with Gasteiger partial charge in [-0.2, -0.15) is 0 Å². The first-order valence-electron chi connectivity index (χ1n) is 6.92. The number of sulfone groups is 1. The van der Waals surface area contributed by atoms with Crippen molar-refractivity contribution in [2.24, 2.45) is 0 Å². The highest BCUT2D eigenvalue weighted by atomic mass is 32.2. The normalized spacial score (nSPS) is 22.2. The zero-order valence-corrected chi connectivity index (χ0v) is 13.2. The molecule has 0 aromatic heterocycles. The summed E-state index contributed by atoms with van der Waals surface area (Å²) >= 11 is 0. The van der Waals surface area contributed by atoms with Gasteiger partial charge in [-0.05, 0) is 31.5 Å². The summed E-state index contributed by atoms with van der Waals surface area (Å²) in [4.78, 5) is 13.6. The van der Waals surface area contributed by atoms with E-state index in [2.05, 4.69) is 5.32 Å². The van der Waals surface area contributed by atoms with Crippen LogP contribution in [0.1, 0.15) is 25.5 Å². The van der Waals surface area contributed by atoms with Gasteiger partial charge in [0.2, 0.25) is 0 Å². The van der Waals surface area contributed by atoms with Gasteiger partial charge in [-0.15, -0.1) is 0 Å².